The molecule has 1 unspecified atom stereocenters. The van der Waals surface area contributed by atoms with Crippen molar-refractivity contribution in [2.75, 3.05) is 20.8 Å². The van der Waals surface area contributed by atoms with Gasteiger partial charge in [-0.05, 0) is 5.56 Å². The predicted octanol–water partition coefficient (Wildman–Crippen LogP) is 1.29. The Hall–Kier alpha value is -0.940. The van der Waals surface area contributed by atoms with Gasteiger partial charge in [-0.1, -0.05) is 30.3 Å². The van der Waals surface area contributed by atoms with Crippen LogP contribution < -0.4 is 5.32 Å². The second-order valence-corrected chi connectivity index (χ2v) is 3.72. The average Bonchev–Trinajstić information content (AvgIpc) is 2.81. The maximum Gasteiger partial charge on any atom is 0.196 e. The van der Waals surface area contributed by atoms with Crippen molar-refractivity contribution in [1.82, 2.24) is 5.32 Å². The van der Waals surface area contributed by atoms with Gasteiger partial charge in [0.25, 0.3) is 0 Å². The molecule has 2 rings (SSSR count). The molecule has 1 N–H and O–H groups in total. The summed E-state index contributed by atoms with van der Waals surface area (Å²) in [6, 6.07) is 10.4. The lowest BCUT2D eigenvalue weighted by atomic mass is 10.1. The van der Waals surface area contributed by atoms with Gasteiger partial charge in [0, 0.05) is 14.2 Å². The number of ether oxygens (including phenoxy) is 3. The van der Waals surface area contributed by atoms with Crippen LogP contribution in [-0.2, 0) is 14.2 Å². The SMILES string of the molecule is COC(OC)C1N[C@H](c2ccccc2)CO1. The Balaban J connectivity index is 1.98. The van der Waals surface area contributed by atoms with Crippen LogP contribution in [0, 0.1) is 0 Å². The molecule has 0 spiro atoms. The number of hydrogen-bond acceptors (Lipinski definition) is 4. The standard InChI is InChI=1S/C12H17NO3/c1-14-12(15-2)11-13-10(8-16-11)9-6-4-3-5-7-9/h3-7,10-13H,8H2,1-2H3/t10-,11?/m0/s1. The summed E-state index contributed by atoms with van der Waals surface area (Å²) in [7, 11) is 3.21. The summed E-state index contributed by atoms with van der Waals surface area (Å²) in [5.41, 5.74) is 1.22. The summed E-state index contributed by atoms with van der Waals surface area (Å²) in [4.78, 5) is 0. The Morgan fingerprint density at radius 1 is 1.25 bits per heavy atom. The van der Waals surface area contributed by atoms with Gasteiger partial charge in [0.2, 0.25) is 0 Å². The lowest BCUT2D eigenvalue weighted by Crippen LogP contribution is -2.39. The molecule has 88 valence electrons. The molecule has 1 aliphatic rings. The molecule has 0 aliphatic carbocycles. The molecule has 0 saturated carbocycles. The third kappa shape index (κ3) is 2.41. The lowest BCUT2D eigenvalue weighted by Gasteiger charge is -2.20. The monoisotopic (exact) mass is 223 g/mol. The molecule has 1 heterocycles. The number of nitrogens with one attached hydrogen (secondary N) is 1. The zero-order valence-electron chi connectivity index (χ0n) is 9.55. The van der Waals surface area contributed by atoms with E-state index in [2.05, 4.69) is 17.4 Å². The van der Waals surface area contributed by atoms with Gasteiger partial charge >= 0.3 is 0 Å². The maximum atomic E-state index is 5.60. The molecule has 1 aromatic rings. The molecule has 2 atom stereocenters. The first-order chi connectivity index (χ1) is 7.85. The van der Waals surface area contributed by atoms with E-state index in [-0.39, 0.29) is 18.6 Å². The molecule has 1 aromatic carbocycles. The molecule has 1 fully saturated rings. The van der Waals surface area contributed by atoms with Gasteiger partial charge in [-0.15, -0.1) is 0 Å². The normalized spacial score (nSPS) is 25.2. The van der Waals surface area contributed by atoms with Crippen LogP contribution in [-0.4, -0.2) is 33.3 Å². The molecule has 0 amide bonds. The first-order valence-corrected chi connectivity index (χ1v) is 5.33. The molecule has 4 nitrogen and oxygen atoms in total. The minimum Gasteiger partial charge on any atom is -0.356 e. The van der Waals surface area contributed by atoms with Gasteiger partial charge in [-0.3, -0.25) is 5.32 Å². The fraction of sp³-hybridized carbons (Fsp3) is 0.500. The second-order valence-electron chi connectivity index (χ2n) is 3.72. The van der Waals surface area contributed by atoms with Gasteiger partial charge in [0.05, 0.1) is 12.6 Å². The summed E-state index contributed by atoms with van der Waals surface area (Å²) < 4.78 is 15.9. The Morgan fingerprint density at radius 2 is 1.94 bits per heavy atom. The summed E-state index contributed by atoms with van der Waals surface area (Å²) >= 11 is 0. The first-order valence-electron chi connectivity index (χ1n) is 5.33. The van der Waals surface area contributed by atoms with Crippen LogP contribution in [0.2, 0.25) is 0 Å². The topological polar surface area (TPSA) is 39.7 Å². The van der Waals surface area contributed by atoms with Crippen LogP contribution in [0.5, 0.6) is 0 Å². The van der Waals surface area contributed by atoms with Crippen LogP contribution in [0.3, 0.4) is 0 Å². The molecular formula is C12H17NO3. The third-order valence-corrected chi connectivity index (χ3v) is 2.72. The van der Waals surface area contributed by atoms with E-state index in [9.17, 15) is 0 Å². The van der Waals surface area contributed by atoms with E-state index in [1.807, 2.05) is 18.2 Å². The van der Waals surface area contributed by atoms with Gasteiger partial charge in [0.1, 0.15) is 0 Å². The largest absolute Gasteiger partial charge is 0.356 e. The molecule has 16 heavy (non-hydrogen) atoms. The van der Waals surface area contributed by atoms with Crippen molar-refractivity contribution in [3.63, 3.8) is 0 Å². The summed E-state index contributed by atoms with van der Waals surface area (Å²) in [5.74, 6) is 0. The van der Waals surface area contributed by atoms with Crippen molar-refractivity contribution in [2.45, 2.75) is 18.6 Å². The average molecular weight is 223 g/mol. The van der Waals surface area contributed by atoms with Crippen LogP contribution in [0.1, 0.15) is 11.6 Å². The van der Waals surface area contributed by atoms with Crippen molar-refractivity contribution in [1.29, 1.82) is 0 Å². The van der Waals surface area contributed by atoms with E-state index in [1.165, 1.54) is 5.56 Å². The lowest BCUT2D eigenvalue weighted by molar-refractivity contribution is -0.172. The van der Waals surface area contributed by atoms with Crippen molar-refractivity contribution in [3.8, 4) is 0 Å². The van der Waals surface area contributed by atoms with Crippen LogP contribution in [0.15, 0.2) is 30.3 Å². The highest BCUT2D eigenvalue weighted by atomic mass is 16.7. The minimum atomic E-state index is -0.367. The summed E-state index contributed by atoms with van der Waals surface area (Å²) in [6.45, 7) is 0.637. The van der Waals surface area contributed by atoms with E-state index in [4.69, 9.17) is 14.2 Å². The Bertz CT molecular complexity index is 313. The molecule has 0 aromatic heterocycles. The van der Waals surface area contributed by atoms with E-state index in [0.717, 1.165) is 0 Å². The molecular weight excluding hydrogens is 206 g/mol. The quantitative estimate of drug-likeness (QED) is 0.781. The molecule has 0 radical (unpaired) electrons. The zero-order valence-corrected chi connectivity index (χ0v) is 9.55. The van der Waals surface area contributed by atoms with Crippen LogP contribution in [0.4, 0.5) is 0 Å². The molecule has 4 heteroatoms. The van der Waals surface area contributed by atoms with Crippen LogP contribution in [0.25, 0.3) is 0 Å². The van der Waals surface area contributed by atoms with Crippen molar-refractivity contribution >= 4 is 0 Å². The Kier molecular flexibility index (Phi) is 3.90. The number of benzene rings is 1. The maximum absolute atomic E-state index is 5.60. The smallest absolute Gasteiger partial charge is 0.196 e. The van der Waals surface area contributed by atoms with Crippen LogP contribution >= 0.6 is 0 Å². The van der Waals surface area contributed by atoms with Gasteiger partial charge in [-0.2, -0.15) is 0 Å². The fourth-order valence-electron chi connectivity index (χ4n) is 1.87. The fourth-order valence-corrected chi connectivity index (χ4v) is 1.87. The number of hydrogen-bond donors (Lipinski definition) is 1. The third-order valence-electron chi connectivity index (χ3n) is 2.72. The zero-order chi connectivity index (χ0) is 11.4. The van der Waals surface area contributed by atoms with Crippen molar-refractivity contribution in [2.24, 2.45) is 0 Å². The molecule has 1 saturated heterocycles. The second kappa shape index (κ2) is 5.41. The number of methoxy groups -OCH3 is 2. The Morgan fingerprint density at radius 3 is 2.56 bits per heavy atom. The van der Waals surface area contributed by atoms with Gasteiger partial charge < -0.3 is 14.2 Å². The summed E-state index contributed by atoms with van der Waals surface area (Å²) in [6.07, 6.45) is -0.575. The highest BCUT2D eigenvalue weighted by Crippen LogP contribution is 2.21. The first kappa shape index (κ1) is 11.5. The number of rotatable bonds is 4. The Labute approximate surface area is 95.5 Å². The van der Waals surface area contributed by atoms with E-state index in [1.54, 1.807) is 14.2 Å². The van der Waals surface area contributed by atoms with Gasteiger partial charge in [0.15, 0.2) is 12.5 Å². The van der Waals surface area contributed by atoms with Crippen molar-refractivity contribution in [3.05, 3.63) is 35.9 Å². The predicted molar refractivity (Wildman–Crippen MR) is 59.9 cm³/mol. The summed E-state index contributed by atoms with van der Waals surface area (Å²) in [5, 5.41) is 3.34. The van der Waals surface area contributed by atoms with E-state index < -0.39 is 0 Å². The highest BCUT2D eigenvalue weighted by molar-refractivity contribution is 5.19. The van der Waals surface area contributed by atoms with Gasteiger partial charge in [-0.25, -0.2) is 0 Å². The van der Waals surface area contributed by atoms with E-state index >= 15 is 0 Å². The van der Waals surface area contributed by atoms with E-state index in [0.29, 0.717) is 6.61 Å². The van der Waals surface area contributed by atoms with Crippen molar-refractivity contribution < 1.29 is 14.2 Å². The highest BCUT2D eigenvalue weighted by Gasteiger charge is 2.31. The molecule has 0 bridgehead atoms. The molecule has 1 aliphatic heterocycles. The minimum absolute atomic E-state index is 0.207.